The molecule has 1 aliphatic carbocycles. The maximum atomic E-state index is 13.1. The molecule has 154 valence electrons. The fraction of sp³-hybridized carbons (Fsp3) is 0.591. The predicted molar refractivity (Wildman–Crippen MR) is 109 cm³/mol. The van der Waals surface area contributed by atoms with Crippen molar-refractivity contribution in [3.63, 3.8) is 0 Å². The molecule has 1 aliphatic heterocycles. The molecule has 1 saturated carbocycles. The van der Waals surface area contributed by atoms with Gasteiger partial charge in [0.1, 0.15) is 6.61 Å². The third-order valence-electron chi connectivity index (χ3n) is 5.39. The van der Waals surface area contributed by atoms with Crippen molar-refractivity contribution < 1.29 is 19.4 Å². The molecule has 28 heavy (non-hydrogen) atoms. The fourth-order valence-electron chi connectivity index (χ4n) is 3.73. The summed E-state index contributed by atoms with van der Waals surface area (Å²) in [5.74, 6) is 2.01. The standard InChI is InChI=1S/C22H32N2O4/c1-3-13-28-20-8-7-18(14-21(20)27-4-2)22(26)24-11-10-23(15-17-5-6-17)19(16-24)9-12-25/h3,7-8,14,17,19,25H,1,4-6,9-13,15-16H2,2H3/t19-/m1/s1. The van der Waals surface area contributed by atoms with Gasteiger partial charge in [0.05, 0.1) is 6.61 Å². The third-order valence-corrected chi connectivity index (χ3v) is 5.39. The maximum absolute atomic E-state index is 13.1. The highest BCUT2D eigenvalue weighted by molar-refractivity contribution is 5.95. The minimum atomic E-state index is 0.00485. The summed E-state index contributed by atoms with van der Waals surface area (Å²) in [6.45, 7) is 9.94. The van der Waals surface area contributed by atoms with Crippen LogP contribution >= 0.6 is 0 Å². The lowest BCUT2D eigenvalue weighted by molar-refractivity contribution is 0.0407. The van der Waals surface area contributed by atoms with Crippen LogP contribution in [0.1, 0.15) is 36.5 Å². The van der Waals surface area contributed by atoms with Gasteiger partial charge in [0.15, 0.2) is 11.5 Å². The van der Waals surface area contributed by atoms with Crippen LogP contribution in [0.25, 0.3) is 0 Å². The van der Waals surface area contributed by atoms with Gasteiger partial charge in [0, 0.05) is 44.4 Å². The first kappa shape index (κ1) is 20.7. The molecule has 6 nitrogen and oxygen atoms in total. The molecule has 3 rings (SSSR count). The summed E-state index contributed by atoms with van der Waals surface area (Å²) < 4.78 is 11.3. The molecule has 1 amide bonds. The van der Waals surface area contributed by atoms with E-state index in [2.05, 4.69) is 11.5 Å². The van der Waals surface area contributed by atoms with Gasteiger partial charge < -0.3 is 19.5 Å². The lowest BCUT2D eigenvalue weighted by Crippen LogP contribution is -2.55. The minimum Gasteiger partial charge on any atom is -0.490 e. The molecule has 2 aliphatic rings. The van der Waals surface area contributed by atoms with Crippen LogP contribution in [-0.2, 0) is 0 Å². The van der Waals surface area contributed by atoms with Crippen LogP contribution < -0.4 is 9.47 Å². The minimum absolute atomic E-state index is 0.00485. The smallest absolute Gasteiger partial charge is 0.254 e. The molecule has 1 heterocycles. The second-order valence-corrected chi connectivity index (χ2v) is 7.55. The number of nitrogens with zero attached hydrogens (tertiary/aromatic N) is 2. The molecule has 1 saturated heterocycles. The molecule has 0 spiro atoms. The first-order valence-electron chi connectivity index (χ1n) is 10.3. The average molecular weight is 389 g/mol. The van der Waals surface area contributed by atoms with Crippen LogP contribution in [0.3, 0.4) is 0 Å². The van der Waals surface area contributed by atoms with Crippen LogP contribution in [-0.4, -0.2) is 72.9 Å². The Morgan fingerprint density at radius 1 is 1.29 bits per heavy atom. The third kappa shape index (κ3) is 5.26. The summed E-state index contributed by atoms with van der Waals surface area (Å²) in [6, 6.07) is 5.57. The van der Waals surface area contributed by atoms with Gasteiger partial charge in [-0.1, -0.05) is 12.7 Å². The Bertz CT molecular complexity index is 675. The summed E-state index contributed by atoms with van der Waals surface area (Å²) >= 11 is 0. The molecular formula is C22H32N2O4. The Kier molecular flexibility index (Phi) is 7.34. The van der Waals surface area contributed by atoms with E-state index in [4.69, 9.17) is 9.47 Å². The van der Waals surface area contributed by atoms with Gasteiger partial charge in [-0.25, -0.2) is 0 Å². The topological polar surface area (TPSA) is 62.2 Å². The number of carbonyl (C=O) groups excluding carboxylic acids is 1. The highest BCUT2D eigenvalue weighted by Crippen LogP contribution is 2.32. The molecule has 6 heteroatoms. The van der Waals surface area contributed by atoms with E-state index in [1.807, 2.05) is 11.8 Å². The largest absolute Gasteiger partial charge is 0.490 e. The van der Waals surface area contributed by atoms with Gasteiger partial charge in [-0.2, -0.15) is 0 Å². The first-order valence-corrected chi connectivity index (χ1v) is 10.3. The Morgan fingerprint density at radius 3 is 2.79 bits per heavy atom. The van der Waals surface area contributed by atoms with Gasteiger partial charge >= 0.3 is 0 Å². The second-order valence-electron chi connectivity index (χ2n) is 7.55. The monoisotopic (exact) mass is 388 g/mol. The molecule has 1 N–H and O–H groups in total. The van der Waals surface area contributed by atoms with E-state index < -0.39 is 0 Å². The zero-order valence-electron chi connectivity index (χ0n) is 16.8. The van der Waals surface area contributed by atoms with E-state index in [1.165, 1.54) is 12.8 Å². The quantitative estimate of drug-likeness (QED) is 0.624. The van der Waals surface area contributed by atoms with Crippen molar-refractivity contribution in [1.29, 1.82) is 0 Å². The summed E-state index contributed by atoms with van der Waals surface area (Å²) in [5.41, 5.74) is 0.604. The number of benzene rings is 1. The Labute approximate surface area is 167 Å². The number of rotatable bonds is 10. The number of hydrogen-bond acceptors (Lipinski definition) is 5. The highest BCUT2D eigenvalue weighted by atomic mass is 16.5. The number of ether oxygens (including phenoxy) is 2. The molecule has 1 atom stereocenters. The number of aliphatic hydroxyl groups excluding tert-OH is 1. The van der Waals surface area contributed by atoms with Gasteiger partial charge in [-0.05, 0) is 50.3 Å². The van der Waals surface area contributed by atoms with E-state index in [1.54, 1.807) is 24.3 Å². The molecule has 0 radical (unpaired) electrons. The molecule has 0 bridgehead atoms. The molecule has 1 aromatic rings. The maximum Gasteiger partial charge on any atom is 0.254 e. The van der Waals surface area contributed by atoms with E-state index in [0.29, 0.717) is 49.8 Å². The number of piperazine rings is 1. The van der Waals surface area contributed by atoms with Crippen LogP contribution in [0.2, 0.25) is 0 Å². The van der Waals surface area contributed by atoms with E-state index in [0.717, 1.165) is 19.0 Å². The highest BCUT2D eigenvalue weighted by Gasteiger charge is 2.33. The fourth-order valence-corrected chi connectivity index (χ4v) is 3.73. The first-order chi connectivity index (χ1) is 13.7. The molecule has 0 aromatic heterocycles. The van der Waals surface area contributed by atoms with Crippen molar-refractivity contribution in [2.75, 3.05) is 46.0 Å². The predicted octanol–water partition coefficient (Wildman–Crippen LogP) is 2.57. The average Bonchev–Trinajstić information content (AvgIpc) is 3.52. The number of carbonyl (C=O) groups is 1. The van der Waals surface area contributed by atoms with E-state index in [9.17, 15) is 9.90 Å². The Hall–Kier alpha value is -2.05. The zero-order chi connectivity index (χ0) is 19.9. The van der Waals surface area contributed by atoms with Crippen molar-refractivity contribution in [2.45, 2.75) is 32.2 Å². The number of aliphatic hydroxyl groups is 1. The summed E-state index contributed by atoms with van der Waals surface area (Å²) in [6.07, 6.45) is 5.00. The van der Waals surface area contributed by atoms with Gasteiger partial charge in [0.25, 0.3) is 5.91 Å². The number of hydrogen-bond donors (Lipinski definition) is 1. The zero-order valence-corrected chi connectivity index (χ0v) is 16.8. The summed E-state index contributed by atoms with van der Waals surface area (Å²) in [5, 5.41) is 9.46. The number of amides is 1. The second kappa shape index (κ2) is 9.94. The van der Waals surface area contributed by atoms with E-state index >= 15 is 0 Å². The molecule has 1 aromatic carbocycles. The lowest BCUT2D eigenvalue weighted by atomic mass is 10.1. The molecule has 0 unspecified atom stereocenters. The van der Waals surface area contributed by atoms with Gasteiger partial charge in [-0.15, -0.1) is 0 Å². The van der Waals surface area contributed by atoms with Crippen LogP contribution in [0, 0.1) is 5.92 Å². The van der Waals surface area contributed by atoms with E-state index in [-0.39, 0.29) is 18.6 Å². The van der Waals surface area contributed by atoms with Crippen LogP contribution in [0.4, 0.5) is 0 Å². The Balaban J connectivity index is 1.69. The van der Waals surface area contributed by atoms with Crippen LogP contribution in [0.15, 0.2) is 30.9 Å². The Morgan fingerprint density at radius 2 is 2.11 bits per heavy atom. The SMILES string of the molecule is C=CCOc1ccc(C(=O)N2CCN(CC3CC3)[C@H](CCO)C2)cc1OCC. The van der Waals surface area contributed by atoms with Gasteiger partial charge in [-0.3, -0.25) is 9.69 Å². The van der Waals surface area contributed by atoms with Crippen molar-refractivity contribution in [3.05, 3.63) is 36.4 Å². The summed E-state index contributed by atoms with van der Waals surface area (Å²) in [4.78, 5) is 17.5. The lowest BCUT2D eigenvalue weighted by Gasteiger charge is -2.41. The molecule has 2 fully saturated rings. The van der Waals surface area contributed by atoms with Crippen molar-refractivity contribution >= 4 is 5.91 Å². The molecular weight excluding hydrogens is 356 g/mol. The van der Waals surface area contributed by atoms with Crippen molar-refractivity contribution in [2.24, 2.45) is 5.92 Å². The van der Waals surface area contributed by atoms with Gasteiger partial charge in [0.2, 0.25) is 0 Å². The van der Waals surface area contributed by atoms with Crippen molar-refractivity contribution in [1.82, 2.24) is 9.80 Å². The van der Waals surface area contributed by atoms with Crippen LogP contribution in [0.5, 0.6) is 11.5 Å². The van der Waals surface area contributed by atoms with Crippen molar-refractivity contribution in [3.8, 4) is 11.5 Å². The normalized spacial score (nSPS) is 20.1. The summed E-state index contributed by atoms with van der Waals surface area (Å²) in [7, 11) is 0.